The predicted molar refractivity (Wildman–Crippen MR) is 76.6 cm³/mol. The molecule has 0 aliphatic heterocycles. The summed E-state index contributed by atoms with van der Waals surface area (Å²) in [6.07, 6.45) is 2.21. The molecule has 0 aromatic carbocycles. The van der Waals surface area contributed by atoms with Gasteiger partial charge in [0.25, 0.3) is 5.91 Å². The van der Waals surface area contributed by atoms with Crippen LogP contribution in [0.4, 0.5) is 5.82 Å². The van der Waals surface area contributed by atoms with E-state index < -0.39 is 5.91 Å². The van der Waals surface area contributed by atoms with Gasteiger partial charge in [-0.1, -0.05) is 12.2 Å². The fourth-order valence-electron chi connectivity index (χ4n) is 1.66. The molecule has 0 aliphatic carbocycles. The first-order valence-electron chi connectivity index (χ1n) is 5.73. The highest BCUT2D eigenvalue weighted by molar-refractivity contribution is 7.80. The largest absolute Gasteiger partial charge is 0.393 e. The molecule has 0 spiro atoms. The number of anilines is 1. The van der Waals surface area contributed by atoms with Gasteiger partial charge in [0.1, 0.15) is 5.82 Å². The molecule has 18 heavy (non-hydrogen) atoms. The van der Waals surface area contributed by atoms with E-state index >= 15 is 0 Å². The van der Waals surface area contributed by atoms with Gasteiger partial charge in [-0.2, -0.15) is 0 Å². The number of aromatic nitrogens is 1. The van der Waals surface area contributed by atoms with Crippen LogP contribution in [0.1, 0.15) is 30.6 Å². The number of rotatable bonds is 6. The normalized spacial score (nSPS) is 10.4. The zero-order chi connectivity index (χ0) is 13.7. The third-order valence-corrected chi connectivity index (χ3v) is 2.75. The van der Waals surface area contributed by atoms with Crippen molar-refractivity contribution in [1.82, 2.24) is 4.98 Å². The van der Waals surface area contributed by atoms with Crippen LogP contribution in [0.15, 0.2) is 18.3 Å². The molecule has 4 N–H and O–H groups in total. The lowest BCUT2D eigenvalue weighted by molar-refractivity contribution is 0.100. The summed E-state index contributed by atoms with van der Waals surface area (Å²) in [5.74, 6) is 0.0929. The molecule has 1 aromatic heterocycles. The standard InChI is InChI=1S/C12H18N4OS/c1-8(2)16(7-5-10(13)18)12-9(11(14)17)4-3-6-15-12/h3-4,6,8H,5,7H2,1-2H3,(H2,13,18)(H2,14,17). The van der Waals surface area contributed by atoms with E-state index in [4.69, 9.17) is 23.7 Å². The van der Waals surface area contributed by atoms with E-state index in [1.807, 2.05) is 18.7 Å². The van der Waals surface area contributed by atoms with Crippen LogP contribution in [0.25, 0.3) is 0 Å². The van der Waals surface area contributed by atoms with Crippen LogP contribution in [0, 0.1) is 0 Å². The molecule has 6 heteroatoms. The predicted octanol–water partition coefficient (Wildman–Crippen LogP) is 1.07. The zero-order valence-electron chi connectivity index (χ0n) is 10.6. The maximum atomic E-state index is 11.4. The number of hydrogen-bond acceptors (Lipinski definition) is 4. The molecule has 1 amide bonds. The Bertz CT molecular complexity index is 447. The minimum absolute atomic E-state index is 0.173. The van der Waals surface area contributed by atoms with Crippen LogP contribution >= 0.6 is 12.2 Å². The first kappa shape index (κ1) is 14.4. The molecule has 5 nitrogen and oxygen atoms in total. The Morgan fingerprint density at radius 3 is 2.67 bits per heavy atom. The first-order valence-corrected chi connectivity index (χ1v) is 6.14. The minimum Gasteiger partial charge on any atom is -0.393 e. The second-order valence-corrected chi connectivity index (χ2v) is 4.77. The molecule has 1 rings (SSSR count). The van der Waals surface area contributed by atoms with Gasteiger partial charge in [0.05, 0.1) is 10.6 Å². The molecule has 0 radical (unpaired) electrons. The summed E-state index contributed by atoms with van der Waals surface area (Å²) in [6.45, 7) is 4.64. The number of thiocarbonyl (C=S) groups is 1. The number of pyridine rings is 1. The van der Waals surface area contributed by atoms with Gasteiger partial charge >= 0.3 is 0 Å². The van der Waals surface area contributed by atoms with Crippen LogP contribution in [-0.2, 0) is 0 Å². The summed E-state index contributed by atoms with van der Waals surface area (Å²) < 4.78 is 0. The maximum Gasteiger partial charge on any atom is 0.252 e. The number of primary amides is 1. The van der Waals surface area contributed by atoms with Gasteiger partial charge in [0.2, 0.25) is 0 Å². The first-order chi connectivity index (χ1) is 8.43. The zero-order valence-corrected chi connectivity index (χ0v) is 11.4. The van der Waals surface area contributed by atoms with Gasteiger partial charge in [0.15, 0.2) is 0 Å². The Kier molecular flexibility index (Phi) is 5.03. The smallest absolute Gasteiger partial charge is 0.252 e. The van der Waals surface area contributed by atoms with Crippen molar-refractivity contribution in [3.8, 4) is 0 Å². The van der Waals surface area contributed by atoms with Crippen molar-refractivity contribution in [1.29, 1.82) is 0 Å². The molecule has 0 bridgehead atoms. The van der Waals surface area contributed by atoms with Crippen LogP contribution in [0.5, 0.6) is 0 Å². The Morgan fingerprint density at radius 1 is 1.50 bits per heavy atom. The van der Waals surface area contributed by atoms with Crippen molar-refractivity contribution in [2.45, 2.75) is 26.3 Å². The second-order valence-electron chi connectivity index (χ2n) is 4.24. The van der Waals surface area contributed by atoms with E-state index in [0.717, 1.165) is 0 Å². The maximum absolute atomic E-state index is 11.4. The van der Waals surface area contributed by atoms with Gasteiger partial charge in [-0.05, 0) is 26.0 Å². The SMILES string of the molecule is CC(C)N(CCC(N)=S)c1ncccc1C(N)=O. The third-order valence-electron chi connectivity index (χ3n) is 2.55. The number of carbonyl (C=O) groups is 1. The van der Waals surface area contributed by atoms with Crippen molar-refractivity contribution in [3.05, 3.63) is 23.9 Å². The Labute approximate surface area is 112 Å². The molecular formula is C12H18N4OS. The quantitative estimate of drug-likeness (QED) is 0.752. The minimum atomic E-state index is -0.487. The van der Waals surface area contributed by atoms with E-state index in [1.54, 1.807) is 18.3 Å². The highest BCUT2D eigenvalue weighted by Gasteiger charge is 2.18. The molecule has 1 aromatic rings. The van der Waals surface area contributed by atoms with Crippen molar-refractivity contribution in [2.24, 2.45) is 11.5 Å². The fraction of sp³-hybridized carbons (Fsp3) is 0.417. The average molecular weight is 266 g/mol. The van der Waals surface area contributed by atoms with Crippen molar-refractivity contribution in [2.75, 3.05) is 11.4 Å². The summed E-state index contributed by atoms with van der Waals surface area (Å²) in [6, 6.07) is 3.53. The van der Waals surface area contributed by atoms with Gasteiger partial charge in [-0.25, -0.2) is 4.98 Å². The molecule has 0 saturated carbocycles. The van der Waals surface area contributed by atoms with E-state index in [2.05, 4.69) is 4.98 Å². The Morgan fingerprint density at radius 2 is 2.17 bits per heavy atom. The number of nitrogens with two attached hydrogens (primary N) is 2. The summed E-state index contributed by atoms with van der Waals surface area (Å²) in [4.78, 5) is 18.0. The number of hydrogen-bond donors (Lipinski definition) is 2. The van der Waals surface area contributed by atoms with Gasteiger partial charge in [-0.15, -0.1) is 0 Å². The van der Waals surface area contributed by atoms with E-state index in [0.29, 0.717) is 29.3 Å². The molecule has 0 saturated heterocycles. The molecule has 1 heterocycles. The lowest BCUT2D eigenvalue weighted by Crippen LogP contribution is -2.36. The monoisotopic (exact) mass is 266 g/mol. The summed E-state index contributed by atoms with van der Waals surface area (Å²) in [5.41, 5.74) is 11.3. The van der Waals surface area contributed by atoms with Crippen molar-refractivity contribution < 1.29 is 4.79 Å². The summed E-state index contributed by atoms with van der Waals surface area (Å²) >= 11 is 4.87. The fourth-order valence-corrected chi connectivity index (χ4v) is 1.75. The van der Waals surface area contributed by atoms with Gasteiger partial charge in [-0.3, -0.25) is 4.79 Å². The second kappa shape index (κ2) is 6.30. The average Bonchev–Trinajstić information content (AvgIpc) is 2.28. The Balaban J connectivity index is 3.05. The molecule has 0 aliphatic rings. The molecule has 0 unspecified atom stereocenters. The van der Waals surface area contributed by atoms with E-state index in [1.165, 1.54) is 0 Å². The highest BCUT2D eigenvalue weighted by Crippen LogP contribution is 2.19. The van der Waals surface area contributed by atoms with Gasteiger partial charge < -0.3 is 16.4 Å². The van der Waals surface area contributed by atoms with Crippen LogP contribution < -0.4 is 16.4 Å². The van der Waals surface area contributed by atoms with Crippen LogP contribution in [0.2, 0.25) is 0 Å². The van der Waals surface area contributed by atoms with Crippen molar-refractivity contribution in [3.63, 3.8) is 0 Å². The van der Waals surface area contributed by atoms with Gasteiger partial charge in [0, 0.05) is 25.2 Å². The number of amides is 1. The lowest BCUT2D eigenvalue weighted by Gasteiger charge is -2.28. The van der Waals surface area contributed by atoms with Crippen LogP contribution in [0.3, 0.4) is 0 Å². The van der Waals surface area contributed by atoms with E-state index in [-0.39, 0.29) is 6.04 Å². The van der Waals surface area contributed by atoms with Crippen LogP contribution in [-0.4, -0.2) is 28.5 Å². The van der Waals surface area contributed by atoms with E-state index in [9.17, 15) is 4.79 Å². The lowest BCUT2D eigenvalue weighted by atomic mass is 10.2. The summed E-state index contributed by atoms with van der Waals surface area (Å²) in [7, 11) is 0. The van der Waals surface area contributed by atoms with Crippen molar-refractivity contribution >= 4 is 28.9 Å². The third kappa shape index (κ3) is 3.66. The number of nitrogens with zero attached hydrogens (tertiary/aromatic N) is 2. The molecule has 0 fully saturated rings. The Hall–Kier alpha value is -1.69. The summed E-state index contributed by atoms with van der Waals surface area (Å²) in [5, 5.41) is 0. The highest BCUT2D eigenvalue weighted by atomic mass is 32.1. The molecule has 0 atom stereocenters. The molecule has 98 valence electrons. The topological polar surface area (TPSA) is 85.2 Å². The number of carbonyl (C=O) groups excluding carboxylic acids is 1. The molecular weight excluding hydrogens is 248 g/mol.